The van der Waals surface area contributed by atoms with E-state index >= 15 is 0 Å². The minimum atomic E-state index is 0.0766. The van der Waals surface area contributed by atoms with Crippen LogP contribution in [0, 0.1) is 12.3 Å². The molecule has 0 heterocycles. The fourth-order valence-corrected chi connectivity index (χ4v) is 2.11. The van der Waals surface area contributed by atoms with E-state index in [2.05, 4.69) is 46.4 Å². The molecule has 0 aliphatic heterocycles. The summed E-state index contributed by atoms with van der Waals surface area (Å²) in [4.78, 5) is 0. The molecule has 0 aliphatic carbocycles. The number of aryl methyl sites for hydroxylation is 1. The third-order valence-corrected chi connectivity index (χ3v) is 4.15. The van der Waals surface area contributed by atoms with Crippen molar-refractivity contribution < 1.29 is 4.74 Å². The quantitative estimate of drug-likeness (QED) is 0.740. The molecule has 0 N–H and O–H groups in total. The molecule has 0 saturated heterocycles. The summed E-state index contributed by atoms with van der Waals surface area (Å²) in [6.45, 7) is 11.3. The lowest BCUT2D eigenvalue weighted by molar-refractivity contribution is 0.201. The molecule has 0 fully saturated rings. The standard InChI is InChI=1S/C15H23ClOS/c1-10(2)12-7-14(11(3)6-13(12)16)17-8-15(4,5)9-18/h6-7,10,18H,8-9H2,1-5H3. The Morgan fingerprint density at radius 3 is 2.44 bits per heavy atom. The number of hydrogen-bond donors (Lipinski definition) is 1. The van der Waals surface area contributed by atoms with Crippen molar-refractivity contribution in [3.05, 3.63) is 28.3 Å². The van der Waals surface area contributed by atoms with Crippen molar-refractivity contribution in [1.82, 2.24) is 0 Å². The topological polar surface area (TPSA) is 9.23 Å². The highest BCUT2D eigenvalue weighted by atomic mass is 35.5. The van der Waals surface area contributed by atoms with Gasteiger partial charge in [-0.15, -0.1) is 0 Å². The summed E-state index contributed by atoms with van der Waals surface area (Å²) in [7, 11) is 0. The van der Waals surface area contributed by atoms with E-state index in [0.717, 1.165) is 27.7 Å². The van der Waals surface area contributed by atoms with Crippen LogP contribution in [0.25, 0.3) is 0 Å². The van der Waals surface area contributed by atoms with Crippen LogP contribution in [-0.4, -0.2) is 12.4 Å². The van der Waals surface area contributed by atoms with Gasteiger partial charge in [0.1, 0.15) is 5.75 Å². The van der Waals surface area contributed by atoms with Gasteiger partial charge in [-0.3, -0.25) is 0 Å². The maximum absolute atomic E-state index is 6.25. The van der Waals surface area contributed by atoms with Crippen LogP contribution in [0.1, 0.15) is 44.7 Å². The Bertz CT molecular complexity index is 413. The molecule has 3 heteroatoms. The Morgan fingerprint density at radius 1 is 1.33 bits per heavy atom. The summed E-state index contributed by atoms with van der Waals surface area (Å²) < 4.78 is 5.93. The lowest BCUT2D eigenvalue weighted by atomic mass is 9.97. The molecule has 0 bridgehead atoms. The van der Waals surface area contributed by atoms with Gasteiger partial charge in [-0.2, -0.15) is 12.6 Å². The highest BCUT2D eigenvalue weighted by Crippen LogP contribution is 2.32. The summed E-state index contributed by atoms with van der Waals surface area (Å²) in [5, 5.41) is 0.823. The zero-order valence-electron chi connectivity index (χ0n) is 11.9. The predicted octanol–water partition coefficient (Wildman–Crippen LogP) is 5.11. The molecule has 0 spiro atoms. The molecule has 1 nitrogen and oxygen atoms in total. The monoisotopic (exact) mass is 286 g/mol. The van der Waals surface area contributed by atoms with Gasteiger partial charge in [-0.05, 0) is 41.9 Å². The first kappa shape index (κ1) is 15.7. The van der Waals surface area contributed by atoms with Crippen molar-refractivity contribution >= 4 is 24.2 Å². The number of ether oxygens (including phenoxy) is 1. The van der Waals surface area contributed by atoms with Crippen molar-refractivity contribution in [1.29, 1.82) is 0 Å². The van der Waals surface area contributed by atoms with E-state index < -0.39 is 0 Å². The fourth-order valence-electron chi connectivity index (χ4n) is 1.59. The maximum Gasteiger partial charge on any atom is 0.122 e. The van der Waals surface area contributed by atoms with Crippen LogP contribution in [0.5, 0.6) is 5.75 Å². The number of halogens is 1. The van der Waals surface area contributed by atoms with Crippen molar-refractivity contribution in [2.75, 3.05) is 12.4 Å². The zero-order chi connectivity index (χ0) is 13.9. The molecule has 102 valence electrons. The first-order valence-electron chi connectivity index (χ1n) is 6.30. The van der Waals surface area contributed by atoms with Gasteiger partial charge in [0.25, 0.3) is 0 Å². The maximum atomic E-state index is 6.25. The Labute approximate surface area is 121 Å². The summed E-state index contributed by atoms with van der Waals surface area (Å²) >= 11 is 10.6. The van der Waals surface area contributed by atoms with Crippen molar-refractivity contribution in [3.63, 3.8) is 0 Å². The minimum Gasteiger partial charge on any atom is -0.493 e. The highest BCUT2D eigenvalue weighted by Gasteiger charge is 2.18. The van der Waals surface area contributed by atoms with Gasteiger partial charge in [0.2, 0.25) is 0 Å². The second kappa shape index (κ2) is 6.21. The Balaban J connectivity index is 2.92. The van der Waals surface area contributed by atoms with Crippen LogP contribution >= 0.6 is 24.2 Å². The predicted molar refractivity (Wildman–Crippen MR) is 83.4 cm³/mol. The smallest absolute Gasteiger partial charge is 0.122 e. The van der Waals surface area contributed by atoms with Gasteiger partial charge >= 0.3 is 0 Å². The lowest BCUT2D eigenvalue weighted by Gasteiger charge is -2.23. The van der Waals surface area contributed by atoms with Crippen LogP contribution in [0.2, 0.25) is 5.02 Å². The number of benzene rings is 1. The average molecular weight is 287 g/mol. The molecule has 0 amide bonds. The Hall–Kier alpha value is -0.340. The number of hydrogen-bond acceptors (Lipinski definition) is 2. The van der Waals surface area contributed by atoms with E-state index in [1.165, 1.54) is 0 Å². The molecule has 1 aromatic rings. The molecule has 1 rings (SSSR count). The first-order chi connectivity index (χ1) is 8.26. The second-order valence-electron chi connectivity index (χ2n) is 5.90. The van der Waals surface area contributed by atoms with E-state index in [0.29, 0.717) is 12.5 Å². The van der Waals surface area contributed by atoms with Crippen molar-refractivity contribution in [2.24, 2.45) is 5.41 Å². The zero-order valence-corrected chi connectivity index (χ0v) is 13.5. The van der Waals surface area contributed by atoms with Crippen LogP contribution < -0.4 is 4.74 Å². The van der Waals surface area contributed by atoms with Crippen LogP contribution in [-0.2, 0) is 0 Å². The fraction of sp³-hybridized carbons (Fsp3) is 0.600. The van der Waals surface area contributed by atoms with E-state index in [-0.39, 0.29) is 5.41 Å². The highest BCUT2D eigenvalue weighted by molar-refractivity contribution is 7.80. The summed E-state index contributed by atoms with van der Waals surface area (Å²) in [5.74, 6) is 2.13. The van der Waals surface area contributed by atoms with Gasteiger partial charge in [0.05, 0.1) is 6.61 Å². The van der Waals surface area contributed by atoms with Crippen molar-refractivity contribution in [3.8, 4) is 5.75 Å². The summed E-state index contributed by atoms with van der Waals surface area (Å²) in [5.41, 5.74) is 2.30. The third-order valence-electron chi connectivity index (χ3n) is 2.96. The largest absolute Gasteiger partial charge is 0.493 e. The van der Waals surface area contributed by atoms with Crippen LogP contribution in [0.15, 0.2) is 12.1 Å². The van der Waals surface area contributed by atoms with E-state index in [1.807, 2.05) is 13.0 Å². The molecule has 0 aromatic heterocycles. The van der Waals surface area contributed by atoms with E-state index in [1.54, 1.807) is 0 Å². The minimum absolute atomic E-state index is 0.0766. The summed E-state index contributed by atoms with van der Waals surface area (Å²) in [6.07, 6.45) is 0. The Kier molecular flexibility index (Phi) is 5.42. The molecular weight excluding hydrogens is 264 g/mol. The molecule has 0 radical (unpaired) electrons. The third kappa shape index (κ3) is 4.10. The van der Waals surface area contributed by atoms with Gasteiger partial charge < -0.3 is 4.74 Å². The van der Waals surface area contributed by atoms with Gasteiger partial charge in [-0.25, -0.2) is 0 Å². The number of thiol groups is 1. The van der Waals surface area contributed by atoms with Crippen LogP contribution in [0.3, 0.4) is 0 Å². The molecule has 0 aliphatic rings. The van der Waals surface area contributed by atoms with Crippen LogP contribution in [0.4, 0.5) is 0 Å². The SMILES string of the molecule is Cc1cc(Cl)c(C(C)C)cc1OCC(C)(C)CS. The molecule has 0 unspecified atom stereocenters. The molecule has 1 aromatic carbocycles. The Morgan fingerprint density at radius 2 is 1.94 bits per heavy atom. The second-order valence-corrected chi connectivity index (χ2v) is 6.63. The molecule has 18 heavy (non-hydrogen) atoms. The summed E-state index contributed by atoms with van der Waals surface area (Å²) in [6, 6.07) is 4.05. The molecular formula is C15H23ClOS. The van der Waals surface area contributed by atoms with Gasteiger partial charge in [-0.1, -0.05) is 39.3 Å². The van der Waals surface area contributed by atoms with Gasteiger partial charge in [0.15, 0.2) is 0 Å². The van der Waals surface area contributed by atoms with E-state index in [9.17, 15) is 0 Å². The average Bonchev–Trinajstić information content (AvgIpc) is 2.27. The normalized spacial score (nSPS) is 12.0. The lowest BCUT2D eigenvalue weighted by Crippen LogP contribution is -2.23. The molecule has 0 saturated carbocycles. The first-order valence-corrected chi connectivity index (χ1v) is 7.31. The van der Waals surface area contributed by atoms with Gasteiger partial charge in [0, 0.05) is 10.4 Å². The molecule has 0 atom stereocenters. The van der Waals surface area contributed by atoms with E-state index in [4.69, 9.17) is 16.3 Å². The number of rotatable bonds is 5. The van der Waals surface area contributed by atoms with Crippen molar-refractivity contribution in [2.45, 2.75) is 40.5 Å².